The van der Waals surface area contributed by atoms with Crippen LogP contribution in [0.2, 0.25) is 0 Å². The third-order valence-electron chi connectivity index (χ3n) is 3.28. The van der Waals surface area contributed by atoms with E-state index >= 15 is 0 Å². The largest absolute Gasteiger partial charge is 0.311 e. The number of nitrogens with one attached hydrogen (secondary N) is 1. The molecule has 0 aromatic carbocycles. The lowest BCUT2D eigenvalue weighted by molar-refractivity contribution is 0.174. The van der Waals surface area contributed by atoms with Gasteiger partial charge >= 0.3 is 0 Å². The summed E-state index contributed by atoms with van der Waals surface area (Å²) >= 11 is 0. The van der Waals surface area contributed by atoms with Crippen molar-refractivity contribution in [3.63, 3.8) is 0 Å². The van der Waals surface area contributed by atoms with E-state index in [1.165, 1.54) is 24.9 Å². The maximum absolute atomic E-state index is 4.07. The van der Waals surface area contributed by atoms with Crippen molar-refractivity contribution in [1.82, 2.24) is 15.2 Å². The zero-order valence-corrected chi connectivity index (χ0v) is 10.9. The zero-order chi connectivity index (χ0) is 12.1. The van der Waals surface area contributed by atoms with Gasteiger partial charge in [-0.3, -0.25) is 9.88 Å². The second-order valence-electron chi connectivity index (χ2n) is 5.58. The van der Waals surface area contributed by atoms with E-state index in [1.54, 1.807) is 0 Å². The first-order valence-electron chi connectivity index (χ1n) is 6.52. The minimum atomic E-state index is 0.216. The second-order valence-corrected chi connectivity index (χ2v) is 5.58. The Morgan fingerprint density at radius 1 is 1.29 bits per heavy atom. The van der Waals surface area contributed by atoms with Gasteiger partial charge in [0.25, 0.3) is 0 Å². The fourth-order valence-corrected chi connectivity index (χ4v) is 2.46. The summed E-state index contributed by atoms with van der Waals surface area (Å²) in [4.78, 5) is 6.61. The average molecular weight is 233 g/mol. The third kappa shape index (κ3) is 4.10. The van der Waals surface area contributed by atoms with Crippen molar-refractivity contribution in [1.29, 1.82) is 0 Å². The van der Waals surface area contributed by atoms with Crippen molar-refractivity contribution < 1.29 is 0 Å². The van der Waals surface area contributed by atoms with Gasteiger partial charge in [-0.15, -0.1) is 0 Å². The molecule has 0 unspecified atom stereocenters. The molecule has 1 saturated heterocycles. The Morgan fingerprint density at radius 2 is 2.06 bits per heavy atom. The lowest BCUT2D eigenvalue weighted by Crippen LogP contribution is -2.51. The van der Waals surface area contributed by atoms with Crippen molar-refractivity contribution in [2.75, 3.05) is 19.6 Å². The summed E-state index contributed by atoms with van der Waals surface area (Å²) in [5.41, 5.74) is 1.57. The normalized spacial score (nSPS) is 21.8. The summed E-state index contributed by atoms with van der Waals surface area (Å²) in [5, 5.41) is 3.62. The van der Waals surface area contributed by atoms with Crippen molar-refractivity contribution in [2.45, 2.75) is 38.8 Å². The fraction of sp³-hybridized carbons (Fsp3) is 0.643. The molecule has 94 valence electrons. The van der Waals surface area contributed by atoms with Gasteiger partial charge in [0.05, 0.1) is 0 Å². The van der Waals surface area contributed by atoms with Crippen LogP contribution in [0.4, 0.5) is 0 Å². The Hall–Kier alpha value is -0.930. The smallest absolute Gasteiger partial charge is 0.0271 e. The molecule has 17 heavy (non-hydrogen) atoms. The highest BCUT2D eigenvalue weighted by molar-refractivity contribution is 5.09. The maximum atomic E-state index is 4.07. The zero-order valence-electron chi connectivity index (χ0n) is 10.9. The van der Waals surface area contributed by atoms with Gasteiger partial charge in [-0.25, -0.2) is 0 Å². The first-order chi connectivity index (χ1) is 8.16. The number of rotatable bonds is 2. The predicted molar refractivity (Wildman–Crippen MR) is 70.8 cm³/mol. The first kappa shape index (κ1) is 12.5. The van der Waals surface area contributed by atoms with E-state index in [2.05, 4.69) is 41.2 Å². The van der Waals surface area contributed by atoms with Gasteiger partial charge in [-0.05, 0) is 57.5 Å². The fourth-order valence-electron chi connectivity index (χ4n) is 2.46. The maximum Gasteiger partial charge on any atom is 0.0271 e. The average Bonchev–Trinajstić information content (AvgIpc) is 2.27. The summed E-state index contributed by atoms with van der Waals surface area (Å²) < 4.78 is 0. The summed E-state index contributed by atoms with van der Waals surface area (Å²) in [5.74, 6) is 0. The van der Waals surface area contributed by atoms with Crippen molar-refractivity contribution in [2.24, 2.45) is 0 Å². The summed E-state index contributed by atoms with van der Waals surface area (Å²) in [6.07, 6.45) is 6.32. The predicted octanol–water partition coefficient (Wildman–Crippen LogP) is 2.05. The Morgan fingerprint density at radius 3 is 2.82 bits per heavy atom. The molecule has 1 N–H and O–H groups in total. The monoisotopic (exact) mass is 233 g/mol. The Balaban J connectivity index is 1.98. The van der Waals surface area contributed by atoms with Crippen LogP contribution < -0.4 is 5.32 Å². The summed E-state index contributed by atoms with van der Waals surface area (Å²) in [6, 6.07) is 4.22. The molecule has 1 fully saturated rings. The number of hydrogen-bond donors (Lipinski definition) is 1. The highest BCUT2D eigenvalue weighted by Gasteiger charge is 2.22. The molecule has 3 heteroatoms. The Kier molecular flexibility index (Phi) is 4.13. The topological polar surface area (TPSA) is 28.2 Å². The van der Waals surface area contributed by atoms with E-state index in [9.17, 15) is 0 Å². The van der Waals surface area contributed by atoms with Crippen molar-refractivity contribution in [3.8, 4) is 0 Å². The third-order valence-corrected chi connectivity index (χ3v) is 3.28. The summed E-state index contributed by atoms with van der Waals surface area (Å²) in [6.45, 7) is 9.07. The summed E-state index contributed by atoms with van der Waals surface area (Å²) in [7, 11) is 0. The minimum absolute atomic E-state index is 0.216. The molecule has 0 bridgehead atoms. The van der Waals surface area contributed by atoms with Crippen LogP contribution in [0.15, 0.2) is 24.5 Å². The van der Waals surface area contributed by atoms with E-state index < -0.39 is 0 Å². The Labute approximate surface area is 104 Å². The van der Waals surface area contributed by atoms with Crippen LogP contribution in [0.1, 0.15) is 32.3 Å². The van der Waals surface area contributed by atoms with E-state index in [4.69, 9.17) is 0 Å². The van der Waals surface area contributed by atoms with Crippen LogP contribution in [-0.4, -0.2) is 35.1 Å². The van der Waals surface area contributed by atoms with Crippen LogP contribution in [0.5, 0.6) is 0 Å². The SMILES string of the molecule is CC1(C)CN(Cc2ccncc2)CCCCN1. The van der Waals surface area contributed by atoms with Crippen molar-refractivity contribution >= 4 is 0 Å². The van der Waals surface area contributed by atoms with E-state index in [0.29, 0.717) is 0 Å². The van der Waals surface area contributed by atoms with E-state index in [0.717, 1.165) is 19.6 Å². The van der Waals surface area contributed by atoms with Crippen LogP contribution in [0.3, 0.4) is 0 Å². The Bertz CT molecular complexity index is 335. The quantitative estimate of drug-likeness (QED) is 0.847. The first-order valence-corrected chi connectivity index (χ1v) is 6.52. The van der Waals surface area contributed by atoms with Gasteiger partial charge in [0.2, 0.25) is 0 Å². The van der Waals surface area contributed by atoms with Gasteiger partial charge in [0, 0.05) is 31.0 Å². The lowest BCUT2D eigenvalue weighted by atomic mass is 10.0. The highest BCUT2D eigenvalue weighted by Crippen LogP contribution is 2.13. The van der Waals surface area contributed by atoms with Crippen LogP contribution >= 0.6 is 0 Å². The van der Waals surface area contributed by atoms with Gasteiger partial charge in [0.15, 0.2) is 0 Å². The molecule has 1 aliphatic rings. The molecule has 0 saturated carbocycles. The number of nitrogens with zero attached hydrogens (tertiary/aromatic N) is 2. The molecule has 2 rings (SSSR count). The highest BCUT2D eigenvalue weighted by atomic mass is 15.2. The molecule has 0 atom stereocenters. The molecular weight excluding hydrogens is 210 g/mol. The standard InChI is InChI=1S/C14H23N3/c1-14(2)12-17(10-4-3-7-16-14)11-13-5-8-15-9-6-13/h5-6,8-9,16H,3-4,7,10-12H2,1-2H3. The molecular formula is C14H23N3. The number of aromatic nitrogens is 1. The molecule has 0 aliphatic carbocycles. The molecule has 1 aliphatic heterocycles. The van der Waals surface area contributed by atoms with E-state index in [-0.39, 0.29) is 5.54 Å². The molecule has 1 aromatic rings. The molecule has 0 spiro atoms. The van der Waals surface area contributed by atoms with Gasteiger partial charge in [-0.2, -0.15) is 0 Å². The van der Waals surface area contributed by atoms with Gasteiger partial charge < -0.3 is 5.32 Å². The molecule has 0 amide bonds. The molecule has 2 heterocycles. The van der Waals surface area contributed by atoms with Gasteiger partial charge in [0.1, 0.15) is 0 Å². The van der Waals surface area contributed by atoms with E-state index in [1.807, 2.05) is 12.4 Å². The van der Waals surface area contributed by atoms with Crippen LogP contribution in [0, 0.1) is 0 Å². The molecule has 0 radical (unpaired) electrons. The molecule has 1 aromatic heterocycles. The number of pyridine rings is 1. The second kappa shape index (κ2) is 5.61. The number of hydrogen-bond acceptors (Lipinski definition) is 3. The van der Waals surface area contributed by atoms with Crippen LogP contribution in [0.25, 0.3) is 0 Å². The van der Waals surface area contributed by atoms with Crippen molar-refractivity contribution in [3.05, 3.63) is 30.1 Å². The molecule has 3 nitrogen and oxygen atoms in total. The minimum Gasteiger partial charge on any atom is -0.311 e. The van der Waals surface area contributed by atoms with Gasteiger partial charge in [-0.1, -0.05) is 0 Å². The lowest BCUT2D eigenvalue weighted by Gasteiger charge is -2.36. The van der Waals surface area contributed by atoms with Crippen LogP contribution in [-0.2, 0) is 6.54 Å².